The Morgan fingerprint density at radius 3 is 2.61 bits per heavy atom. The summed E-state index contributed by atoms with van der Waals surface area (Å²) in [5, 5.41) is 0.413. The molecule has 2 aromatic rings. The normalized spacial score (nSPS) is 11.8. The summed E-state index contributed by atoms with van der Waals surface area (Å²) in [4.78, 5) is 3.92. The van der Waals surface area contributed by atoms with E-state index < -0.39 is 11.7 Å². The van der Waals surface area contributed by atoms with Crippen LogP contribution in [0.15, 0.2) is 33.5 Å². The van der Waals surface area contributed by atoms with Crippen LogP contribution in [0.1, 0.15) is 11.3 Å². The van der Waals surface area contributed by atoms with E-state index in [4.69, 9.17) is 4.42 Å². The summed E-state index contributed by atoms with van der Waals surface area (Å²) >= 11 is 6.09. The molecule has 0 bridgehead atoms. The Morgan fingerprint density at radius 1 is 1.28 bits per heavy atom. The molecular weight excluding hydrogens is 379 g/mol. The van der Waals surface area contributed by atoms with E-state index in [2.05, 4.69) is 36.8 Å². The summed E-state index contributed by atoms with van der Waals surface area (Å²) in [5.41, 5.74) is 0.167. The number of rotatable bonds is 2. The summed E-state index contributed by atoms with van der Waals surface area (Å²) in [6.45, 7) is 0. The predicted octanol–water partition coefficient (Wildman–Crippen LogP) is 5.02. The molecule has 0 aliphatic carbocycles. The van der Waals surface area contributed by atoms with Crippen molar-refractivity contribution in [2.45, 2.75) is 11.5 Å². The molecule has 1 aromatic carbocycles. The second kappa shape index (κ2) is 5.05. The third-order valence-corrected chi connectivity index (χ3v) is 3.52. The molecule has 96 valence electrons. The number of oxazole rings is 1. The summed E-state index contributed by atoms with van der Waals surface area (Å²) in [6.07, 6.45) is -3.20. The van der Waals surface area contributed by atoms with E-state index in [1.54, 1.807) is 6.07 Å². The first-order chi connectivity index (χ1) is 8.43. The van der Waals surface area contributed by atoms with Crippen LogP contribution in [0.4, 0.5) is 13.2 Å². The molecule has 0 fully saturated rings. The molecule has 0 amide bonds. The highest BCUT2D eigenvalue weighted by atomic mass is 79.9. The smallest absolute Gasteiger partial charge is 0.417 e. The van der Waals surface area contributed by atoms with Crippen LogP contribution in [0.5, 0.6) is 0 Å². The topological polar surface area (TPSA) is 26.0 Å². The van der Waals surface area contributed by atoms with Gasteiger partial charge in [0.2, 0.25) is 0 Å². The van der Waals surface area contributed by atoms with Gasteiger partial charge in [-0.05, 0) is 12.1 Å². The fourth-order valence-electron chi connectivity index (χ4n) is 1.48. The highest BCUT2D eigenvalue weighted by molar-refractivity contribution is 9.10. The van der Waals surface area contributed by atoms with Gasteiger partial charge >= 0.3 is 6.18 Å². The Labute approximate surface area is 117 Å². The quantitative estimate of drug-likeness (QED) is 0.679. The Kier molecular flexibility index (Phi) is 3.82. The van der Waals surface area contributed by atoms with Crippen LogP contribution in [0, 0.1) is 0 Å². The molecule has 2 nitrogen and oxygen atoms in total. The van der Waals surface area contributed by atoms with Crippen molar-refractivity contribution in [1.29, 1.82) is 0 Å². The van der Waals surface area contributed by atoms with Gasteiger partial charge in [0.1, 0.15) is 0 Å². The van der Waals surface area contributed by atoms with E-state index in [0.29, 0.717) is 22.3 Å². The number of hydrogen-bond donors (Lipinski definition) is 0. The van der Waals surface area contributed by atoms with Crippen molar-refractivity contribution < 1.29 is 17.6 Å². The molecule has 0 spiro atoms. The molecule has 1 aromatic heterocycles. The Balaban J connectivity index is 2.54. The van der Waals surface area contributed by atoms with Crippen molar-refractivity contribution in [2.24, 2.45) is 0 Å². The standard InChI is InChI=1S/C11H6Br2F3NO/c12-4-9-10(18-5-17-9)6-1-2-8(13)7(3-6)11(14,15)16/h1-3,5H,4H2. The second-order valence-corrected chi connectivity index (χ2v) is 4.87. The largest absolute Gasteiger partial charge is 0.443 e. The van der Waals surface area contributed by atoms with Gasteiger partial charge in [0.25, 0.3) is 0 Å². The molecule has 7 heteroatoms. The fourth-order valence-corrected chi connectivity index (χ4v) is 2.35. The van der Waals surface area contributed by atoms with E-state index in [1.807, 2.05) is 0 Å². The van der Waals surface area contributed by atoms with Crippen molar-refractivity contribution >= 4 is 31.9 Å². The maximum atomic E-state index is 12.8. The van der Waals surface area contributed by atoms with Crippen molar-refractivity contribution in [3.05, 3.63) is 40.3 Å². The van der Waals surface area contributed by atoms with Crippen LogP contribution in [-0.2, 0) is 11.5 Å². The lowest BCUT2D eigenvalue weighted by Crippen LogP contribution is -2.06. The summed E-state index contributed by atoms with van der Waals surface area (Å²) < 4.78 is 43.4. The van der Waals surface area contributed by atoms with Gasteiger partial charge < -0.3 is 4.42 Å². The number of aromatic nitrogens is 1. The molecule has 2 rings (SSSR count). The minimum Gasteiger partial charge on any atom is -0.443 e. The summed E-state index contributed by atoms with van der Waals surface area (Å²) in [5.74, 6) is 0.338. The lowest BCUT2D eigenvalue weighted by Gasteiger charge is -2.10. The third kappa shape index (κ3) is 2.61. The molecule has 0 radical (unpaired) electrons. The number of halogens is 5. The lowest BCUT2D eigenvalue weighted by atomic mass is 10.1. The molecular formula is C11H6Br2F3NO. The van der Waals surface area contributed by atoms with E-state index in [9.17, 15) is 13.2 Å². The molecule has 0 saturated carbocycles. The SMILES string of the molecule is FC(F)(F)c1cc(-c2ocnc2CBr)ccc1Br. The number of hydrogen-bond acceptors (Lipinski definition) is 2. The fraction of sp³-hybridized carbons (Fsp3) is 0.182. The van der Waals surface area contributed by atoms with Crippen molar-refractivity contribution in [3.63, 3.8) is 0 Å². The molecule has 0 aliphatic heterocycles. The zero-order valence-corrected chi connectivity index (χ0v) is 11.9. The second-order valence-electron chi connectivity index (χ2n) is 3.45. The van der Waals surface area contributed by atoms with Gasteiger partial charge in [0.15, 0.2) is 12.2 Å². The molecule has 0 unspecified atom stereocenters. The number of benzene rings is 1. The highest BCUT2D eigenvalue weighted by Gasteiger charge is 2.33. The summed E-state index contributed by atoms with van der Waals surface area (Å²) in [6, 6.07) is 3.93. The lowest BCUT2D eigenvalue weighted by molar-refractivity contribution is -0.138. The van der Waals surface area contributed by atoms with E-state index in [-0.39, 0.29) is 4.47 Å². The minimum atomic E-state index is -4.41. The highest BCUT2D eigenvalue weighted by Crippen LogP contribution is 2.38. The molecule has 1 heterocycles. The van der Waals surface area contributed by atoms with Gasteiger partial charge in [-0.15, -0.1) is 0 Å². The Morgan fingerprint density at radius 2 is 2.00 bits per heavy atom. The van der Waals surface area contributed by atoms with Gasteiger partial charge in [0.05, 0.1) is 11.3 Å². The third-order valence-electron chi connectivity index (χ3n) is 2.30. The van der Waals surface area contributed by atoms with Crippen molar-refractivity contribution in [3.8, 4) is 11.3 Å². The van der Waals surface area contributed by atoms with Crippen molar-refractivity contribution in [1.82, 2.24) is 4.98 Å². The van der Waals surface area contributed by atoms with Gasteiger partial charge in [-0.25, -0.2) is 4.98 Å². The molecule has 0 saturated heterocycles. The van der Waals surface area contributed by atoms with Crippen LogP contribution >= 0.6 is 31.9 Å². The van der Waals surface area contributed by atoms with Gasteiger partial charge in [-0.2, -0.15) is 13.2 Å². The first-order valence-electron chi connectivity index (χ1n) is 4.79. The molecule has 0 N–H and O–H groups in total. The molecule has 0 aliphatic rings. The van der Waals surface area contributed by atoms with Gasteiger partial charge in [-0.3, -0.25) is 0 Å². The number of alkyl halides is 4. The van der Waals surface area contributed by atoms with Crippen LogP contribution in [0.2, 0.25) is 0 Å². The van der Waals surface area contributed by atoms with Gasteiger partial charge in [0, 0.05) is 15.4 Å². The van der Waals surface area contributed by atoms with Crippen LogP contribution in [-0.4, -0.2) is 4.98 Å². The zero-order chi connectivity index (χ0) is 13.3. The Bertz CT molecular complexity index is 566. The first-order valence-corrected chi connectivity index (χ1v) is 6.70. The predicted molar refractivity (Wildman–Crippen MR) is 67.3 cm³/mol. The minimum absolute atomic E-state index is 0.00124. The van der Waals surface area contributed by atoms with Crippen LogP contribution in [0.3, 0.4) is 0 Å². The van der Waals surface area contributed by atoms with Crippen molar-refractivity contribution in [2.75, 3.05) is 0 Å². The van der Waals surface area contributed by atoms with E-state index in [1.165, 1.54) is 12.5 Å². The van der Waals surface area contributed by atoms with E-state index >= 15 is 0 Å². The monoisotopic (exact) mass is 383 g/mol. The number of nitrogens with zero attached hydrogens (tertiary/aromatic N) is 1. The average Bonchev–Trinajstić information content (AvgIpc) is 2.76. The van der Waals surface area contributed by atoms with E-state index in [0.717, 1.165) is 6.07 Å². The van der Waals surface area contributed by atoms with Gasteiger partial charge in [-0.1, -0.05) is 37.9 Å². The molecule has 0 atom stereocenters. The van der Waals surface area contributed by atoms with Crippen LogP contribution < -0.4 is 0 Å². The zero-order valence-electron chi connectivity index (χ0n) is 8.76. The Hall–Kier alpha value is -0.820. The maximum Gasteiger partial charge on any atom is 0.417 e. The van der Waals surface area contributed by atoms with Crippen LogP contribution in [0.25, 0.3) is 11.3 Å². The molecule has 18 heavy (non-hydrogen) atoms. The maximum absolute atomic E-state index is 12.8. The summed E-state index contributed by atoms with van der Waals surface area (Å²) in [7, 11) is 0. The first kappa shape index (κ1) is 13.6. The average molecular weight is 385 g/mol.